The summed E-state index contributed by atoms with van der Waals surface area (Å²) in [6.45, 7) is 1.91. The molecule has 2 aromatic carbocycles. The molecule has 3 rings (SSSR count). The molecule has 0 radical (unpaired) electrons. The third-order valence-corrected chi connectivity index (χ3v) is 5.59. The summed E-state index contributed by atoms with van der Waals surface area (Å²) in [7, 11) is 0. The van der Waals surface area contributed by atoms with Crippen molar-refractivity contribution in [1.29, 1.82) is 0 Å². The van der Waals surface area contributed by atoms with Crippen molar-refractivity contribution < 1.29 is 30.7 Å². The van der Waals surface area contributed by atoms with Crippen molar-refractivity contribution >= 4 is 0 Å². The number of alkyl halides is 3. The maximum absolute atomic E-state index is 14.2. The summed E-state index contributed by atoms with van der Waals surface area (Å²) in [6, 6.07) is 4.04. The van der Waals surface area contributed by atoms with Crippen molar-refractivity contribution in [2.24, 2.45) is 5.92 Å². The molecule has 2 aromatic rings. The van der Waals surface area contributed by atoms with Gasteiger partial charge in [-0.2, -0.15) is 13.2 Å². The van der Waals surface area contributed by atoms with E-state index >= 15 is 0 Å². The highest BCUT2D eigenvalue weighted by Crippen LogP contribution is 2.39. The van der Waals surface area contributed by atoms with Crippen LogP contribution in [0.4, 0.5) is 30.7 Å². The maximum Gasteiger partial charge on any atom is 0.422 e. The second kappa shape index (κ2) is 9.33. The molecule has 0 unspecified atom stereocenters. The van der Waals surface area contributed by atoms with Crippen molar-refractivity contribution in [3.8, 4) is 11.8 Å². The van der Waals surface area contributed by atoms with E-state index in [1.165, 1.54) is 12.1 Å². The first-order chi connectivity index (χ1) is 14.6. The Balaban J connectivity index is 1.69. The van der Waals surface area contributed by atoms with Crippen LogP contribution in [0.15, 0.2) is 24.3 Å². The number of hydrogen-bond donors (Lipinski definition) is 0. The van der Waals surface area contributed by atoms with E-state index in [1.807, 2.05) is 6.92 Å². The van der Waals surface area contributed by atoms with Crippen LogP contribution in [0.1, 0.15) is 67.2 Å². The topological polar surface area (TPSA) is 0 Å². The highest BCUT2D eigenvalue weighted by molar-refractivity contribution is 5.40. The van der Waals surface area contributed by atoms with Gasteiger partial charge >= 0.3 is 6.18 Å². The molecule has 1 saturated carbocycles. The van der Waals surface area contributed by atoms with E-state index in [1.54, 1.807) is 0 Å². The molecule has 0 bridgehead atoms. The van der Waals surface area contributed by atoms with E-state index in [-0.39, 0.29) is 23.0 Å². The summed E-state index contributed by atoms with van der Waals surface area (Å²) in [5, 5.41) is 0. The van der Waals surface area contributed by atoms with Crippen LogP contribution in [-0.2, 0) is 12.6 Å². The Kier molecular flexibility index (Phi) is 6.98. The number of hydrogen-bond acceptors (Lipinski definition) is 0. The number of halogens is 7. The Labute approximate surface area is 176 Å². The fourth-order valence-electron chi connectivity index (χ4n) is 4.02. The molecule has 0 amide bonds. The molecule has 0 aliphatic heterocycles. The SMILES string of the molecule is CCCc1cc(F)c(C#CC2CCC(c3cc(F)c(C(F)(F)F)c(F)c3)CC2)c(F)c1. The lowest BCUT2D eigenvalue weighted by atomic mass is 9.78. The van der Waals surface area contributed by atoms with E-state index in [4.69, 9.17) is 0 Å². The Hall–Kier alpha value is -2.49. The van der Waals surface area contributed by atoms with Crippen LogP contribution < -0.4 is 0 Å². The summed E-state index contributed by atoms with van der Waals surface area (Å²) >= 11 is 0. The third-order valence-electron chi connectivity index (χ3n) is 5.59. The van der Waals surface area contributed by atoms with E-state index in [0.29, 0.717) is 37.7 Å². The first-order valence-electron chi connectivity index (χ1n) is 10.2. The van der Waals surface area contributed by atoms with Crippen LogP contribution in [-0.4, -0.2) is 0 Å². The maximum atomic E-state index is 14.2. The minimum absolute atomic E-state index is 0.158. The molecule has 1 fully saturated rings. The van der Waals surface area contributed by atoms with Crippen molar-refractivity contribution in [2.45, 2.75) is 57.5 Å². The van der Waals surface area contributed by atoms with Crippen molar-refractivity contribution in [1.82, 2.24) is 0 Å². The highest BCUT2D eigenvalue weighted by atomic mass is 19.4. The van der Waals surface area contributed by atoms with E-state index in [0.717, 1.165) is 18.6 Å². The summed E-state index contributed by atoms with van der Waals surface area (Å²) in [6.07, 6.45) is -1.82. The molecule has 31 heavy (non-hydrogen) atoms. The zero-order valence-electron chi connectivity index (χ0n) is 16.9. The molecule has 0 nitrogen and oxygen atoms in total. The smallest absolute Gasteiger partial charge is 0.206 e. The Morgan fingerprint density at radius 1 is 0.839 bits per heavy atom. The zero-order chi connectivity index (χ0) is 22.8. The van der Waals surface area contributed by atoms with Gasteiger partial charge in [0.25, 0.3) is 0 Å². The van der Waals surface area contributed by atoms with Gasteiger partial charge in [0.2, 0.25) is 0 Å². The number of benzene rings is 2. The van der Waals surface area contributed by atoms with Crippen LogP contribution >= 0.6 is 0 Å². The van der Waals surface area contributed by atoms with Crippen LogP contribution in [0.25, 0.3) is 0 Å². The second-order valence-corrected chi connectivity index (χ2v) is 7.86. The molecule has 0 saturated heterocycles. The van der Waals surface area contributed by atoms with Gasteiger partial charge in [0.15, 0.2) is 0 Å². The van der Waals surface area contributed by atoms with Crippen molar-refractivity contribution in [3.05, 3.63) is 69.8 Å². The average molecular weight is 442 g/mol. The Morgan fingerprint density at radius 2 is 1.39 bits per heavy atom. The van der Waals surface area contributed by atoms with Gasteiger partial charge in [-0.15, -0.1) is 0 Å². The molecular weight excluding hydrogens is 421 g/mol. The van der Waals surface area contributed by atoms with E-state index in [2.05, 4.69) is 11.8 Å². The monoisotopic (exact) mass is 442 g/mol. The van der Waals surface area contributed by atoms with Crippen molar-refractivity contribution in [3.63, 3.8) is 0 Å². The second-order valence-electron chi connectivity index (χ2n) is 7.86. The lowest BCUT2D eigenvalue weighted by Crippen LogP contribution is -2.15. The predicted octanol–water partition coefficient (Wildman–Crippen LogP) is 7.54. The quantitative estimate of drug-likeness (QED) is 0.340. The van der Waals surface area contributed by atoms with Gasteiger partial charge < -0.3 is 0 Å². The van der Waals surface area contributed by atoms with Crippen LogP contribution in [0.2, 0.25) is 0 Å². The molecule has 1 aliphatic rings. The molecule has 1 aliphatic carbocycles. The molecule has 0 N–H and O–H groups in total. The molecule has 0 atom stereocenters. The van der Waals surface area contributed by atoms with Crippen LogP contribution in [0.3, 0.4) is 0 Å². The van der Waals surface area contributed by atoms with E-state index in [9.17, 15) is 30.7 Å². The normalized spacial score (nSPS) is 19.1. The third kappa shape index (κ3) is 5.41. The zero-order valence-corrected chi connectivity index (χ0v) is 16.9. The van der Waals surface area contributed by atoms with Crippen LogP contribution in [0, 0.1) is 41.0 Å². The van der Waals surface area contributed by atoms with Crippen LogP contribution in [0.5, 0.6) is 0 Å². The predicted molar refractivity (Wildman–Crippen MR) is 103 cm³/mol. The van der Waals surface area contributed by atoms with Gasteiger partial charge in [0, 0.05) is 5.92 Å². The largest absolute Gasteiger partial charge is 0.422 e. The first-order valence-corrected chi connectivity index (χ1v) is 10.2. The molecule has 7 heteroatoms. The minimum Gasteiger partial charge on any atom is -0.206 e. The van der Waals surface area contributed by atoms with Crippen molar-refractivity contribution in [2.75, 3.05) is 0 Å². The summed E-state index contributed by atoms with van der Waals surface area (Å²) < 4.78 is 94.2. The molecular formula is C24H21F7. The fourth-order valence-corrected chi connectivity index (χ4v) is 4.02. The first kappa shape index (κ1) is 23.2. The van der Waals surface area contributed by atoms with Gasteiger partial charge in [0.1, 0.15) is 28.8 Å². The van der Waals surface area contributed by atoms with Gasteiger partial charge in [-0.05, 0) is 73.4 Å². The highest BCUT2D eigenvalue weighted by Gasteiger charge is 2.38. The molecule has 166 valence electrons. The summed E-state index contributed by atoms with van der Waals surface area (Å²) in [4.78, 5) is 0. The number of aryl methyl sites for hydroxylation is 1. The Morgan fingerprint density at radius 3 is 1.87 bits per heavy atom. The lowest BCUT2D eigenvalue weighted by molar-refractivity contribution is -0.142. The van der Waals surface area contributed by atoms with Gasteiger partial charge in [-0.3, -0.25) is 0 Å². The lowest BCUT2D eigenvalue weighted by Gasteiger charge is -2.26. The molecule has 0 aromatic heterocycles. The number of rotatable bonds is 3. The fraction of sp³-hybridized carbons (Fsp3) is 0.417. The van der Waals surface area contributed by atoms with E-state index < -0.39 is 35.0 Å². The minimum atomic E-state index is -5.10. The molecule has 0 spiro atoms. The van der Waals surface area contributed by atoms with Gasteiger partial charge in [0.05, 0.1) is 5.56 Å². The standard InChI is InChI=1S/C24H21F7/c1-2-3-15-10-19(25)18(20(26)11-15)9-6-14-4-7-16(8-5-14)17-12-21(27)23(22(28)13-17)24(29,30)31/h10-14,16H,2-5,7-8H2,1H3. The van der Waals surface area contributed by atoms with Gasteiger partial charge in [-0.1, -0.05) is 25.2 Å². The average Bonchev–Trinajstić information content (AvgIpc) is 2.66. The molecule has 0 heterocycles. The van der Waals surface area contributed by atoms with Gasteiger partial charge in [-0.25, -0.2) is 17.6 Å². The Bertz CT molecular complexity index is 957. The summed E-state index contributed by atoms with van der Waals surface area (Å²) in [5.74, 6) is 0.320. The summed E-state index contributed by atoms with van der Waals surface area (Å²) in [5.41, 5.74) is -1.42.